The number of para-hydroxylation sites is 3. The summed E-state index contributed by atoms with van der Waals surface area (Å²) >= 11 is 15.6. The van der Waals surface area contributed by atoms with E-state index in [-0.39, 0.29) is 11.8 Å². The molecule has 3 N–H and O–H groups in total. The van der Waals surface area contributed by atoms with E-state index in [1.165, 1.54) is 79.8 Å². The molecule has 0 atom stereocenters. The highest BCUT2D eigenvalue weighted by atomic mass is 79.9. The van der Waals surface area contributed by atoms with E-state index in [4.69, 9.17) is 0 Å². The van der Waals surface area contributed by atoms with Crippen LogP contribution in [0.25, 0.3) is 0 Å². The Kier molecular flexibility index (Phi) is 23.0. The van der Waals surface area contributed by atoms with Gasteiger partial charge in [0, 0.05) is 131 Å². The van der Waals surface area contributed by atoms with Gasteiger partial charge in [0.15, 0.2) is 0 Å². The van der Waals surface area contributed by atoms with Gasteiger partial charge in [-0.3, -0.25) is 9.59 Å². The first-order valence-corrected chi connectivity index (χ1v) is 30.5. The number of anilines is 3. The summed E-state index contributed by atoms with van der Waals surface area (Å²) in [5.74, 6) is -0.287. The van der Waals surface area contributed by atoms with Crippen LogP contribution in [0.4, 0.5) is 17.1 Å². The van der Waals surface area contributed by atoms with Crippen molar-refractivity contribution >= 4 is 112 Å². The van der Waals surface area contributed by atoms with E-state index in [0.29, 0.717) is 12.8 Å². The third kappa shape index (κ3) is 16.9. The number of nitrogens with one attached hydrogen (secondary N) is 3. The highest BCUT2D eigenvalue weighted by Crippen LogP contribution is 2.40. The first-order valence-electron chi connectivity index (χ1n) is 25.1. The molecule has 73 heavy (non-hydrogen) atoms. The van der Waals surface area contributed by atoms with E-state index < -0.39 is 0 Å². The topological polar surface area (TPSA) is 83.2 Å². The van der Waals surface area contributed by atoms with E-state index in [2.05, 4.69) is 234 Å². The molecule has 4 aliphatic rings. The lowest BCUT2D eigenvalue weighted by atomic mass is 10.2. The second kappa shape index (κ2) is 29.5. The van der Waals surface area contributed by atoms with Crippen molar-refractivity contribution in [3.05, 3.63) is 161 Å². The Bertz CT molecular complexity index is 2730. The van der Waals surface area contributed by atoms with Crippen LogP contribution in [0.2, 0.25) is 0 Å². The molecule has 0 unspecified atom stereocenters. The molecule has 0 aliphatic carbocycles. The Hall–Kier alpha value is -3.77. The van der Waals surface area contributed by atoms with Gasteiger partial charge in [-0.25, -0.2) is 3.93 Å². The summed E-state index contributed by atoms with van der Waals surface area (Å²) in [5.41, 5.74) is 12.1. The fourth-order valence-electron chi connectivity index (χ4n) is 8.77. The molecule has 0 spiro atoms. The predicted molar refractivity (Wildman–Crippen MR) is 320 cm³/mol. The van der Waals surface area contributed by atoms with Crippen LogP contribution >= 0.6 is 83.3 Å². The number of imide groups is 1. The van der Waals surface area contributed by atoms with Gasteiger partial charge < -0.3 is 30.7 Å². The summed E-state index contributed by atoms with van der Waals surface area (Å²) in [5, 5.41) is 12.1. The quantitative estimate of drug-likeness (QED) is 0.0659. The molecule has 9 nitrogen and oxygen atoms in total. The minimum absolute atomic E-state index is 0.144. The molecule has 386 valence electrons. The molecule has 6 aromatic rings. The van der Waals surface area contributed by atoms with Crippen LogP contribution in [-0.2, 0) is 20.2 Å². The van der Waals surface area contributed by atoms with Gasteiger partial charge in [0.05, 0.1) is 33.2 Å². The average Bonchev–Trinajstić information content (AvgIpc) is 3.72. The summed E-state index contributed by atoms with van der Waals surface area (Å²) < 4.78 is 0.979. The van der Waals surface area contributed by atoms with Gasteiger partial charge in [0.2, 0.25) is 11.8 Å². The Morgan fingerprint density at radius 2 is 0.808 bits per heavy atom. The number of hydrogen-bond donors (Lipinski definition) is 3. The van der Waals surface area contributed by atoms with Gasteiger partial charge in [0.25, 0.3) is 0 Å². The van der Waals surface area contributed by atoms with Gasteiger partial charge in [0.1, 0.15) is 0 Å². The van der Waals surface area contributed by atoms with E-state index in [1.54, 1.807) is 0 Å². The average molecular weight is 1230 g/mol. The van der Waals surface area contributed by atoms with E-state index in [9.17, 15) is 9.59 Å². The number of halogens is 3. The minimum atomic E-state index is -0.144. The number of alkyl halides is 2. The molecule has 0 aromatic heterocycles. The molecule has 15 heteroatoms. The number of carbonyl (C=O) groups is 2. The second-order valence-corrected chi connectivity index (χ2v) is 23.3. The molecule has 0 bridgehead atoms. The lowest BCUT2D eigenvalue weighted by Crippen LogP contribution is -2.43. The van der Waals surface area contributed by atoms with Gasteiger partial charge >= 0.3 is 0 Å². The fraction of sp³-hybridized carbons (Fsp3) is 0.345. The normalized spacial score (nSPS) is 15.7. The highest BCUT2D eigenvalue weighted by Gasteiger charge is 2.26. The first kappa shape index (κ1) is 56.9. The zero-order valence-corrected chi connectivity index (χ0v) is 49.6. The van der Waals surface area contributed by atoms with Gasteiger partial charge in [-0.15, -0.1) is 0 Å². The maximum absolute atomic E-state index is 10.4. The maximum Gasteiger partial charge on any atom is 0.239 e. The van der Waals surface area contributed by atoms with Crippen molar-refractivity contribution in [1.29, 1.82) is 0 Å². The number of carbonyl (C=O) groups excluding carboxylic acids is 2. The number of benzene rings is 6. The fourth-order valence-corrected chi connectivity index (χ4v) is 13.3. The van der Waals surface area contributed by atoms with E-state index >= 15 is 0 Å². The van der Waals surface area contributed by atoms with Crippen molar-refractivity contribution in [1.82, 2.24) is 19.9 Å². The summed E-state index contributed by atoms with van der Waals surface area (Å²) in [6, 6.07) is 46.4. The van der Waals surface area contributed by atoms with Crippen molar-refractivity contribution in [2.75, 3.05) is 93.2 Å². The van der Waals surface area contributed by atoms with Crippen molar-refractivity contribution in [2.24, 2.45) is 0 Å². The molecule has 4 saturated heterocycles. The lowest BCUT2D eigenvalue weighted by Gasteiger charge is -2.31. The zero-order valence-electron chi connectivity index (χ0n) is 42.4. The molecule has 0 saturated carbocycles. The highest BCUT2D eigenvalue weighted by molar-refractivity contribution is 9.09. The molecule has 4 heterocycles. The smallest absolute Gasteiger partial charge is 0.239 e. The number of amides is 2. The van der Waals surface area contributed by atoms with Gasteiger partial charge in [-0.1, -0.05) is 151 Å². The number of nitrogens with zero attached hydrogens (tertiary/aromatic N) is 4. The van der Waals surface area contributed by atoms with Gasteiger partial charge in [-0.2, -0.15) is 0 Å². The Balaban J connectivity index is 0.000000149. The van der Waals surface area contributed by atoms with Crippen molar-refractivity contribution in [2.45, 2.75) is 80.6 Å². The van der Waals surface area contributed by atoms with Crippen LogP contribution in [-0.4, -0.2) is 94.3 Å². The van der Waals surface area contributed by atoms with Gasteiger partial charge in [-0.05, 0) is 105 Å². The third-order valence-corrected chi connectivity index (χ3v) is 18.4. The maximum atomic E-state index is 10.4. The first-order chi connectivity index (χ1) is 35.5. The van der Waals surface area contributed by atoms with E-state index in [1.807, 2.05) is 35.3 Å². The van der Waals surface area contributed by atoms with Crippen molar-refractivity contribution in [3.8, 4) is 0 Å². The summed E-state index contributed by atoms with van der Waals surface area (Å²) in [7, 11) is 0. The van der Waals surface area contributed by atoms with Crippen LogP contribution in [0.1, 0.15) is 46.2 Å². The SMILES string of the molecule is Cc1cc(CBr)ccc1Sc1ccccc1N1CCNCC1.Cc1ccc(Sc2ccccc2N2CCNCC2)c(C)c1.Cc1ccc(Sc2ccccc2N2CCNCC2)c(CBr)c1.O=C1CCC(=O)N1Br. The number of piperazine rings is 3. The molecule has 2 amide bonds. The second-order valence-electron chi connectivity index (χ2n) is 18.2. The lowest BCUT2D eigenvalue weighted by molar-refractivity contribution is -0.131. The summed E-state index contributed by atoms with van der Waals surface area (Å²) in [6.45, 7) is 21.6. The van der Waals surface area contributed by atoms with Crippen LogP contribution < -0.4 is 30.7 Å². The molecule has 4 aliphatic heterocycles. The molecule has 4 fully saturated rings. The van der Waals surface area contributed by atoms with Crippen LogP contribution in [0, 0.1) is 27.7 Å². The van der Waals surface area contributed by atoms with E-state index in [0.717, 1.165) is 93.1 Å². The summed E-state index contributed by atoms with van der Waals surface area (Å²) in [4.78, 5) is 36.4. The number of aryl methyl sites for hydroxylation is 4. The zero-order chi connectivity index (χ0) is 51.5. The Morgan fingerprint density at radius 3 is 1.18 bits per heavy atom. The Morgan fingerprint density at radius 1 is 0.438 bits per heavy atom. The number of hydrogen-bond acceptors (Lipinski definition) is 11. The molecular weight excluding hydrogens is 1160 g/mol. The molecule has 6 aromatic carbocycles. The van der Waals surface area contributed by atoms with Crippen LogP contribution in [0.3, 0.4) is 0 Å². The number of rotatable bonds is 11. The monoisotopic (exact) mass is 1230 g/mol. The molecular formula is C58H68Br3N7O2S3. The largest absolute Gasteiger partial charge is 0.368 e. The molecule has 0 radical (unpaired) electrons. The predicted octanol–water partition coefficient (Wildman–Crippen LogP) is 13.2. The van der Waals surface area contributed by atoms with Crippen molar-refractivity contribution in [3.63, 3.8) is 0 Å². The standard InChI is InChI=1S/2C18H21BrN2S.C18H22N2S.C4H4BrNO2/c1-14-12-15(13-19)6-7-17(14)22-18-5-3-2-4-16(18)21-10-8-20-9-11-21;1-14-6-7-17(15(12-14)13-19)22-18-5-3-2-4-16(18)21-10-8-20-9-11-21;1-14-7-8-17(15(2)13-14)21-18-6-4-3-5-16(18)20-11-9-19-10-12-20;5-6-3(7)1-2-4(6)8/h2*2-7,12,20H,8-11,13H2,1H3;3-8,13,19H,9-12H2,1-2H3;1-2H2. The Labute approximate surface area is 472 Å². The molecule has 10 rings (SSSR count). The third-order valence-electron chi connectivity index (χ3n) is 12.7. The van der Waals surface area contributed by atoms with Crippen LogP contribution in [0.5, 0.6) is 0 Å². The van der Waals surface area contributed by atoms with Crippen LogP contribution in [0.15, 0.2) is 157 Å². The summed E-state index contributed by atoms with van der Waals surface area (Å²) in [6.07, 6.45) is 0.703. The minimum Gasteiger partial charge on any atom is -0.368 e. The van der Waals surface area contributed by atoms with Crippen molar-refractivity contribution < 1.29 is 9.59 Å².